The summed E-state index contributed by atoms with van der Waals surface area (Å²) in [4.78, 5) is 45.3. The molecule has 1 atom stereocenters. The van der Waals surface area contributed by atoms with E-state index in [0.29, 0.717) is 32.7 Å². The van der Waals surface area contributed by atoms with Crippen molar-refractivity contribution in [1.82, 2.24) is 20.1 Å². The van der Waals surface area contributed by atoms with Crippen molar-refractivity contribution in [3.8, 4) is 0 Å². The van der Waals surface area contributed by atoms with Crippen molar-refractivity contribution in [2.75, 3.05) is 10.6 Å². The Labute approximate surface area is 215 Å². The highest BCUT2D eigenvalue weighted by Crippen LogP contribution is 2.28. The van der Waals surface area contributed by atoms with Gasteiger partial charge >= 0.3 is 0 Å². The Kier molecular flexibility index (Phi) is 6.70. The van der Waals surface area contributed by atoms with E-state index >= 15 is 0 Å². The van der Waals surface area contributed by atoms with Crippen molar-refractivity contribution in [1.29, 1.82) is 0 Å². The maximum atomic E-state index is 13.6. The fourth-order valence-electron chi connectivity index (χ4n) is 3.92. The number of fused-ring (bicyclic) bond motifs is 1. The lowest BCUT2D eigenvalue weighted by Crippen LogP contribution is -2.46. The molecule has 0 saturated heterocycles. The highest BCUT2D eigenvalue weighted by molar-refractivity contribution is 7.13. The second-order valence-corrected chi connectivity index (χ2v) is 9.32. The number of rotatable bonds is 6. The predicted molar refractivity (Wildman–Crippen MR) is 136 cm³/mol. The van der Waals surface area contributed by atoms with Crippen LogP contribution >= 0.6 is 22.9 Å². The van der Waals surface area contributed by atoms with Crippen LogP contribution in [0.2, 0.25) is 5.02 Å². The molecule has 4 aromatic rings. The Morgan fingerprint density at radius 1 is 1.11 bits per heavy atom. The molecule has 0 radical (unpaired) electrons. The minimum atomic E-state index is -0.807. The van der Waals surface area contributed by atoms with Gasteiger partial charge in [-0.15, -0.1) is 10.2 Å². The third-order valence-electron chi connectivity index (χ3n) is 5.69. The molecule has 11 heteroatoms. The molecule has 0 saturated carbocycles. The molecule has 3 heterocycles. The molecule has 9 nitrogen and oxygen atoms in total. The highest BCUT2D eigenvalue weighted by Gasteiger charge is 2.36. The van der Waals surface area contributed by atoms with E-state index in [1.165, 1.54) is 21.7 Å². The zero-order chi connectivity index (χ0) is 25.1. The van der Waals surface area contributed by atoms with Gasteiger partial charge in [0.2, 0.25) is 11.0 Å². The Morgan fingerprint density at radius 2 is 1.94 bits per heavy atom. The van der Waals surface area contributed by atoms with E-state index in [4.69, 9.17) is 11.6 Å². The van der Waals surface area contributed by atoms with Crippen LogP contribution in [-0.4, -0.2) is 43.8 Å². The lowest BCUT2D eigenvalue weighted by Gasteiger charge is -2.28. The van der Waals surface area contributed by atoms with Gasteiger partial charge in [0.25, 0.3) is 11.8 Å². The van der Waals surface area contributed by atoms with Crippen molar-refractivity contribution >= 4 is 51.5 Å². The topological polar surface area (TPSA) is 117 Å². The van der Waals surface area contributed by atoms with E-state index in [0.717, 1.165) is 5.56 Å². The van der Waals surface area contributed by atoms with Gasteiger partial charge in [0.15, 0.2) is 0 Å². The summed E-state index contributed by atoms with van der Waals surface area (Å²) >= 11 is 7.34. The number of hydrogen-bond acceptors (Lipinski definition) is 7. The number of amides is 3. The molecule has 0 unspecified atom stereocenters. The Hall–Kier alpha value is -4.15. The van der Waals surface area contributed by atoms with Gasteiger partial charge in [-0.3, -0.25) is 24.7 Å². The number of hydrogen-bond donors (Lipinski definition) is 2. The van der Waals surface area contributed by atoms with E-state index in [9.17, 15) is 14.4 Å². The average molecular weight is 519 g/mol. The summed E-state index contributed by atoms with van der Waals surface area (Å²) in [6.07, 6.45) is 1.89. The first kappa shape index (κ1) is 23.6. The molecular weight excluding hydrogens is 500 g/mol. The summed E-state index contributed by atoms with van der Waals surface area (Å²) in [5.41, 5.74) is 4.12. The Balaban J connectivity index is 1.43. The zero-order valence-corrected chi connectivity index (χ0v) is 20.3. The molecule has 5 rings (SSSR count). The number of pyridine rings is 1. The predicted octanol–water partition coefficient (Wildman–Crippen LogP) is 4.04. The second-order valence-electron chi connectivity index (χ2n) is 8.05. The number of carbonyl (C=O) groups excluding carboxylic acids is 3. The number of aromatic nitrogens is 3. The van der Waals surface area contributed by atoms with Crippen molar-refractivity contribution < 1.29 is 14.4 Å². The largest absolute Gasteiger partial charge is 0.323 e. The minimum absolute atomic E-state index is 0.157. The van der Waals surface area contributed by atoms with Crippen LogP contribution in [-0.2, 0) is 17.8 Å². The lowest BCUT2D eigenvalue weighted by molar-refractivity contribution is -0.120. The maximum Gasteiger partial charge on any atom is 0.257 e. The first-order valence-corrected chi connectivity index (χ1v) is 12.2. The molecule has 0 spiro atoms. The minimum Gasteiger partial charge on any atom is -0.323 e. The Bertz CT molecular complexity index is 1410. The summed E-state index contributed by atoms with van der Waals surface area (Å²) in [5.74, 6) is -0.954. The van der Waals surface area contributed by atoms with E-state index in [-0.39, 0.29) is 30.7 Å². The lowest BCUT2D eigenvalue weighted by atomic mass is 10.0. The molecule has 0 aliphatic carbocycles. The molecule has 180 valence electrons. The molecule has 0 fully saturated rings. The van der Waals surface area contributed by atoms with Crippen LogP contribution < -0.4 is 10.6 Å². The molecule has 36 heavy (non-hydrogen) atoms. The second kappa shape index (κ2) is 10.2. The smallest absolute Gasteiger partial charge is 0.257 e. The normalized spacial score (nSPS) is 15.1. The van der Waals surface area contributed by atoms with Crippen LogP contribution in [0.3, 0.4) is 0 Å². The zero-order valence-electron chi connectivity index (χ0n) is 18.7. The SMILES string of the molecule is O=C(Nc1nncs1)c1ccc(CN2C(=O)c3ccc(Cl)cc3NC(=O)[C@H]2Cc2ccccn2)cc1. The summed E-state index contributed by atoms with van der Waals surface area (Å²) in [5, 5.41) is 13.9. The van der Waals surface area contributed by atoms with Gasteiger partial charge in [0, 0.05) is 35.4 Å². The van der Waals surface area contributed by atoms with Crippen LogP contribution in [0.4, 0.5) is 10.8 Å². The quantitative estimate of drug-likeness (QED) is 0.398. The van der Waals surface area contributed by atoms with Gasteiger partial charge in [-0.2, -0.15) is 0 Å². The fraction of sp³-hybridized carbons (Fsp3) is 0.120. The third-order valence-corrected chi connectivity index (χ3v) is 6.53. The van der Waals surface area contributed by atoms with Gasteiger partial charge in [-0.05, 0) is 48.0 Å². The molecular formula is C25H19ClN6O3S. The van der Waals surface area contributed by atoms with Crippen molar-refractivity contribution in [2.45, 2.75) is 19.0 Å². The summed E-state index contributed by atoms with van der Waals surface area (Å²) in [6, 6.07) is 16.3. The standard InChI is InChI=1S/C25H19ClN6O3S/c26-17-8-9-19-20(11-17)29-23(34)21(12-18-3-1-2-10-27-18)32(24(19)35)13-15-4-6-16(7-5-15)22(33)30-25-31-28-14-36-25/h1-11,14,21H,12-13H2,(H,29,34)(H,30,31,33)/t21-/m1/s1. The van der Waals surface area contributed by atoms with Crippen molar-refractivity contribution in [2.24, 2.45) is 0 Å². The van der Waals surface area contributed by atoms with Gasteiger partial charge in [0.05, 0.1) is 11.3 Å². The third kappa shape index (κ3) is 5.09. The summed E-state index contributed by atoms with van der Waals surface area (Å²) < 4.78 is 0. The molecule has 0 bridgehead atoms. The molecule has 2 aromatic carbocycles. The van der Waals surface area contributed by atoms with Crippen LogP contribution in [0, 0.1) is 0 Å². The number of anilines is 2. The van der Waals surface area contributed by atoms with E-state index in [2.05, 4.69) is 25.8 Å². The number of nitrogens with zero attached hydrogens (tertiary/aromatic N) is 4. The van der Waals surface area contributed by atoms with Crippen LogP contribution in [0.5, 0.6) is 0 Å². The van der Waals surface area contributed by atoms with Crippen molar-refractivity contribution in [3.05, 3.63) is 99.8 Å². The Morgan fingerprint density at radius 3 is 2.67 bits per heavy atom. The number of halogens is 1. The van der Waals surface area contributed by atoms with Gasteiger partial charge in [-0.1, -0.05) is 41.1 Å². The van der Waals surface area contributed by atoms with Crippen LogP contribution in [0.15, 0.2) is 72.4 Å². The van der Waals surface area contributed by atoms with E-state index in [1.807, 2.05) is 12.1 Å². The van der Waals surface area contributed by atoms with Crippen LogP contribution in [0.25, 0.3) is 0 Å². The summed E-state index contributed by atoms with van der Waals surface area (Å²) in [6.45, 7) is 0.157. The molecule has 2 aromatic heterocycles. The molecule has 1 aliphatic heterocycles. The molecule has 1 aliphatic rings. The van der Waals surface area contributed by atoms with Crippen LogP contribution in [0.1, 0.15) is 32.0 Å². The van der Waals surface area contributed by atoms with Crippen molar-refractivity contribution in [3.63, 3.8) is 0 Å². The average Bonchev–Trinajstić information content (AvgIpc) is 3.37. The number of carbonyl (C=O) groups is 3. The highest BCUT2D eigenvalue weighted by atomic mass is 35.5. The fourth-order valence-corrected chi connectivity index (χ4v) is 4.53. The molecule has 2 N–H and O–H groups in total. The monoisotopic (exact) mass is 518 g/mol. The van der Waals surface area contributed by atoms with E-state index < -0.39 is 6.04 Å². The van der Waals surface area contributed by atoms with E-state index in [1.54, 1.807) is 54.7 Å². The number of nitrogens with one attached hydrogen (secondary N) is 2. The first-order valence-electron chi connectivity index (χ1n) is 11.0. The molecule has 3 amide bonds. The van der Waals surface area contributed by atoms with Gasteiger partial charge < -0.3 is 10.2 Å². The number of benzene rings is 2. The maximum absolute atomic E-state index is 13.6. The van der Waals surface area contributed by atoms with Gasteiger partial charge in [0.1, 0.15) is 11.6 Å². The summed E-state index contributed by atoms with van der Waals surface area (Å²) in [7, 11) is 0. The first-order chi connectivity index (χ1) is 17.5. The van der Waals surface area contributed by atoms with Gasteiger partial charge in [-0.25, -0.2) is 0 Å².